The summed E-state index contributed by atoms with van der Waals surface area (Å²) < 4.78 is 13.4. The van der Waals surface area contributed by atoms with E-state index in [1.54, 1.807) is 13.0 Å². The predicted molar refractivity (Wildman–Crippen MR) is 120 cm³/mol. The second kappa shape index (κ2) is 8.70. The van der Waals surface area contributed by atoms with Crippen LogP contribution in [-0.4, -0.2) is 30.1 Å². The third-order valence-electron chi connectivity index (χ3n) is 4.95. The number of benzene rings is 3. The number of hydrogen-bond acceptors (Lipinski definition) is 3. The number of anilines is 2. The van der Waals surface area contributed by atoms with E-state index in [2.05, 4.69) is 10.3 Å². The van der Waals surface area contributed by atoms with Crippen LogP contribution >= 0.6 is 11.6 Å². The molecule has 1 atom stereocenters. The van der Waals surface area contributed by atoms with Crippen molar-refractivity contribution in [2.24, 2.45) is 4.99 Å². The van der Waals surface area contributed by atoms with Crippen LogP contribution in [0.5, 0.6) is 0 Å². The number of nitrogens with zero attached hydrogens (tertiary/aromatic N) is 2. The lowest BCUT2D eigenvalue weighted by atomic mass is 10.0. The van der Waals surface area contributed by atoms with Crippen molar-refractivity contribution in [2.75, 3.05) is 16.8 Å². The first-order chi connectivity index (χ1) is 14.9. The lowest BCUT2D eigenvalue weighted by Gasteiger charge is -2.24. The van der Waals surface area contributed by atoms with E-state index in [1.165, 1.54) is 23.1 Å². The van der Waals surface area contributed by atoms with Crippen molar-refractivity contribution in [2.45, 2.75) is 13.0 Å². The molecule has 5 nitrogen and oxygen atoms in total. The summed E-state index contributed by atoms with van der Waals surface area (Å²) in [5, 5.41) is 2.57. The van der Waals surface area contributed by atoms with Crippen molar-refractivity contribution in [1.29, 1.82) is 0 Å². The zero-order valence-corrected chi connectivity index (χ0v) is 17.4. The molecular formula is C24H19ClFN3O2. The Labute approximate surface area is 184 Å². The molecule has 0 aromatic heterocycles. The van der Waals surface area contributed by atoms with E-state index in [0.29, 0.717) is 17.1 Å². The molecule has 156 valence electrons. The highest BCUT2D eigenvalue weighted by molar-refractivity contribution is 6.31. The van der Waals surface area contributed by atoms with Gasteiger partial charge in [0.15, 0.2) is 0 Å². The third-order valence-corrected chi connectivity index (χ3v) is 5.24. The highest BCUT2D eigenvalue weighted by atomic mass is 35.5. The molecule has 2 amide bonds. The maximum absolute atomic E-state index is 13.4. The van der Waals surface area contributed by atoms with E-state index in [1.807, 2.05) is 48.5 Å². The maximum Gasteiger partial charge on any atom is 0.252 e. The molecule has 0 bridgehead atoms. The van der Waals surface area contributed by atoms with Gasteiger partial charge in [0.2, 0.25) is 5.91 Å². The van der Waals surface area contributed by atoms with Crippen LogP contribution in [0.15, 0.2) is 77.8 Å². The van der Waals surface area contributed by atoms with E-state index in [-0.39, 0.29) is 17.5 Å². The third kappa shape index (κ3) is 4.34. The molecule has 7 heteroatoms. The van der Waals surface area contributed by atoms with Gasteiger partial charge in [-0.1, -0.05) is 60.1 Å². The minimum Gasteiger partial charge on any atom is -0.324 e. The summed E-state index contributed by atoms with van der Waals surface area (Å²) in [4.78, 5) is 32.0. The van der Waals surface area contributed by atoms with Crippen LogP contribution in [0.2, 0.25) is 5.02 Å². The molecule has 1 N–H and O–H groups in total. The lowest BCUT2D eigenvalue weighted by molar-refractivity contribution is -0.122. The number of carbonyl (C=O) groups excluding carboxylic acids is 2. The topological polar surface area (TPSA) is 61.8 Å². The first-order valence-corrected chi connectivity index (χ1v) is 10.1. The van der Waals surface area contributed by atoms with Crippen LogP contribution in [0, 0.1) is 5.82 Å². The molecule has 1 aliphatic heterocycles. The van der Waals surface area contributed by atoms with E-state index in [4.69, 9.17) is 11.6 Å². The van der Waals surface area contributed by atoms with Gasteiger partial charge in [0.1, 0.15) is 18.4 Å². The quantitative estimate of drug-likeness (QED) is 0.646. The van der Waals surface area contributed by atoms with Gasteiger partial charge in [-0.3, -0.25) is 14.6 Å². The van der Waals surface area contributed by atoms with Crippen LogP contribution < -0.4 is 10.2 Å². The maximum atomic E-state index is 13.4. The Hall–Kier alpha value is -3.51. The van der Waals surface area contributed by atoms with E-state index in [9.17, 15) is 14.0 Å². The van der Waals surface area contributed by atoms with Crippen LogP contribution in [0.1, 0.15) is 18.1 Å². The zero-order valence-electron chi connectivity index (χ0n) is 16.7. The van der Waals surface area contributed by atoms with Gasteiger partial charge in [0.25, 0.3) is 5.91 Å². The van der Waals surface area contributed by atoms with Gasteiger partial charge in [-0.05, 0) is 31.2 Å². The van der Waals surface area contributed by atoms with Crippen LogP contribution in [0.4, 0.5) is 15.8 Å². The molecular weight excluding hydrogens is 417 g/mol. The van der Waals surface area contributed by atoms with Gasteiger partial charge in [-0.25, -0.2) is 4.39 Å². The van der Waals surface area contributed by atoms with Crippen molar-refractivity contribution >= 4 is 40.5 Å². The van der Waals surface area contributed by atoms with E-state index >= 15 is 0 Å². The Morgan fingerprint density at radius 1 is 1.10 bits per heavy atom. The van der Waals surface area contributed by atoms with Gasteiger partial charge >= 0.3 is 0 Å². The second-order valence-electron chi connectivity index (χ2n) is 7.14. The van der Waals surface area contributed by atoms with Crippen LogP contribution in [0.3, 0.4) is 0 Å². The summed E-state index contributed by atoms with van der Waals surface area (Å²) in [6, 6.07) is 20.2. The Balaban J connectivity index is 1.66. The Morgan fingerprint density at radius 3 is 2.55 bits per heavy atom. The fourth-order valence-corrected chi connectivity index (χ4v) is 3.66. The monoisotopic (exact) mass is 435 g/mol. The van der Waals surface area contributed by atoms with Crippen molar-refractivity contribution < 1.29 is 14.0 Å². The molecule has 1 aliphatic rings. The molecule has 1 unspecified atom stereocenters. The van der Waals surface area contributed by atoms with E-state index in [0.717, 1.165) is 11.1 Å². The molecule has 3 aromatic rings. The summed E-state index contributed by atoms with van der Waals surface area (Å²) in [6.45, 7) is 1.49. The number of nitrogens with one attached hydrogen (secondary N) is 1. The number of aliphatic imine (C=N–C) groups is 1. The van der Waals surface area contributed by atoms with Crippen molar-refractivity contribution in [3.05, 3.63) is 94.8 Å². The lowest BCUT2D eigenvalue weighted by Crippen LogP contribution is -2.42. The number of hydrogen-bond donors (Lipinski definition) is 1. The summed E-state index contributed by atoms with van der Waals surface area (Å²) >= 11 is 5.79. The number of benzodiazepines with no additional fused rings is 1. The molecule has 0 saturated carbocycles. The zero-order chi connectivity index (χ0) is 22.0. The van der Waals surface area contributed by atoms with Crippen molar-refractivity contribution in [1.82, 2.24) is 0 Å². The average Bonchev–Trinajstić information content (AvgIpc) is 2.87. The molecule has 0 saturated heterocycles. The van der Waals surface area contributed by atoms with Crippen LogP contribution in [0.25, 0.3) is 0 Å². The standard InChI is InChI=1S/C24H19ClFN3O2/c1-15-24(31)29(14-22(30)28-17-11-12-20(26)19(25)13-17)21-10-6-5-9-18(21)23(27-15)16-7-3-2-4-8-16/h2-13,15H,14H2,1H3,(H,28,30). The smallest absolute Gasteiger partial charge is 0.252 e. The number of halogens is 2. The highest BCUT2D eigenvalue weighted by Crippen LogP contribution is 2.28. The minimum absolute atomic E-state index is 0.0940. The predicted octanol–water partition coefficient (Wildman–Crippen LogP) is 4.69. The minimum atomic E-state index is -0.671. The molecule has 0 radical (unpaired) electrons. The van der Waals surface area contributed by atoms with Crippen LogP contribution in [-0.2, 0) is 9.59 Å². The van der Waals surface area contributed by atoms with Crippen molar-refractivity contribution in [3.63, 3.8) is 0 Å². The molecule has 1 heterocycles. The molecule has 0 fully saturated rings. The van der Waals surface area contributed by atoms with Crippen molar-refractivity contribution in [3.8, 4) is 0 Å². The summed E-state index contributed by atoms with van der Waals surface area (Å²) in [6.07, 6.45) is 0. The van der Waals surface area contributed by atoms with Gasteiger partial charge in [-0.2, -0.15) is 0 Å². The average molecular weight is 436 g/mol. The first kappa shape index (κ1) is 20.8. The highest BCUT2D eigenvalue weighted by Gasteiger charge is 2.30. The second-order valence-corrected chi connectivity index (χ2v) is 7.55. The SMILES string of the molecule is CC1N=C(c2ccccc2)c2ccccc2N(CC(=O)Nc2ccc(F)c(Cl)c2)C1=O. The Morgan fingerprint density at radius 2 is 1.81 bits per heavy atom. The molecule has 0 spiro atoms. The van der Waals surface area contributed by atoms with E-state index < -0.39 is 17.8 Å². The summed E-state index contributed by atoms with van der Waals surface area (Å²) in [5.74, 6) is -1.29. The number of carbonyl (C=O) groups is 2. The normalized spacial score (nSPS) is 15.7. The fraction of sp³-hybridized carbons (Fsp3) is 0.125. The van der Waals surface area contributed by atoms with Gasteiger partial charge in [-0.15, -0.1) is 0 Å². The van der Waals surface area contributed by atoms with Gasteiger partial charge in [0, 0.05) is 16.8 Å². The number of rotatable bonds is 4. The number of amides is 2. The largest absolute Gasteiger partial charge is 0.324 e. The summed E-state index contributed by atoms with van der Waals surface area (Å²) in [5.41, 5.74) is 3.31. The number of fused-ring (bicyclic) bond motifs is 1. The Kier molecular flexibility index (Phi) is 5.82. The summed E-state index contributed by atoms with van der Waals surface area (Å²) in [7, 11) is 0. The molecule has 4 rings (SSSR count). The van der Waals surface area contributed by atoms with Gasteiger partial charge in [0.05, 0.1) is 16.4 Å². The molecule has 31 heavy (non-hydrogen) atoms. The molecule has 0 aliphatic carbocycles. The molecule has 3 aromatic carbocycles. The Bertz CT molecular complexity index is 1180. The van der Waals surface area contributed by atoms with Gasteiger partial charge < -0.3 is 10.2 Å². The first-order valence-electron chi connectivity index (χ1n) is 9.73. The number of para-hydroxylation sites is 1. The fourth-order valence-electron chi connectivity index (χ4n) is 3.48.